The zero-order valence-electron chi connectivity index (χ0n) is 11.5. The number of benzene rings is 2. The van der Waals surface area contributed by atoms with Gasteiger partial charge in [-0.3, -0.25) is 0 Å². The molecule has 2 atom stereocenters. The predicted octanol–water partition coefficient (Wildman–Crippen LogP) is 5.21. The molecule has 110 valence electrons. The van der Waals surface area contributed by atoms with Crippen LogP contribution in [0.25, 0.3) is 0 Å². The summed E-state index contributed by atoms with van der Waals surface area (Å²) in [4.78, 5) is 0. The minimum absolute atomic E-state index is 0.183. The molecule has 0 spiro atoms. The van der Waals surface area contributed by atoms with Crippen molar-refractivity contribution in [3.05, 3.63) is 68.4 Å². The lowest BCUT2D eigenvalue weighted by molar-refractivity contribution is 0.402. The summed E-state index contributed by atoms with van der Waals surface area (Å²) in [5, 5.41) is 3.46. The number of nitrogens with one attached hydrogen (secondary N) is 1. The van der Waals surface area contributed by atoms with E-state index in [0.717, 1.165) is 29.5 Å². The van der Waals surface area contributed by atoms with Crippen LogP contribution >= 0.6 is 31.9 Å². The van der Waals surface area contributed by atoms with Crippen molar-refractivity contribution in [1.82, 2.24) is 5.32 Å². The van der Waals surface area contributed by atoms with Crippen LogP contribution in [0.3, 0.4) is 0 Å². The highest BCUT2D eigenvalue weighted by Gasteiger charge is 2.29. The fourth-order valence-corrected chi connectivity index (χ4v) is 3.93. The Balaban J connectivity index is 1.98. The molecular formula is C17H16Br2FN. The van der Waals surface area contributed by atoms with Crippen molar-refractivity contribution < 1.29 is 4.39 Å². The SMILES string of the molecule is Fc1cc(C2CCNCC2c2ccccc2Br)ccc1Br. The largest absolute Gasteiger partial charge is 0.316 e. The first-order valence-electron chi connectivity index (χ1n) is 7.07. The third-order valence-electron chi connectivity index (χ3n) is 4.16. The maximum Gasteiger partial charge on any atom is 0.137 e. The van der Waals surface area contributed by atoms with Crippen molar-refractivity contribution in [3.8, 4) is 0 Å². The van der Waals surface area contributed by atoms with Gasteiger partial charge < -0.3 is 5.32 Å². The molecule has 0 bridgehead atoms. The van der Waals surface area contributed by atoms with Gasteiger partial charge in [-0.2, -0.15) is 0 Å². The zero-order chi connectivity index (χ0) is 14.8. The Labute approximate surface area is 141 Å². The summed E-state index contributed by atoms with van der Waals surface area (Å²) in [7, 11) is 0. The number of piperidine rings is 1. The molecular weight excluding hydrogens is 397 g/mol. The summed E-state index contributed by atoms with van der Waals surface area (Å²) >= 11 is 6.88. The summed E-state index contributed by atoms with van der Waals surface area (Å²) in [5.41, 5.74) is 2.37. The smallest absolute Gasteiger partial charge is 0.137 e. The van der Waals surface area contributed by atoms with Crippen molar-refractivity contribution in [2.45, 2.75) is 18.3 Å². The fourth-order valence-electron chi connectivity index (χ4n) is 3.10. The van der Waals surface area contributed by atoms with E-state index in [1.54, 1.807) is 6.07 Å². The average Bonchev–Trinajstić information content (AvgIpc) is 2.51. The molecule has 1 nitrogen and oxygen atoms in total. The first-order valence-corrected chi connectivity index (χ1v) is 8.65. The molecule has 1 N–H and O–H groups in total. The lowest BCUT2D eigenvalue weighted by atomic mass is 9.77. The summed E-state index contributed by atoms with van der Waals surface area (Å²) < 4.78 is 15.5. The van der Waals surface area contributed by atoms with Gasteiger partial charge in [-0.25, -0.2) is 4.39 Å². The molecule has 2 aromatic rings. The molecule has 2 unspecified atom stereocenters. The molecule has 3 rings (SSSR count). The highest BCUT2D eigenvalue weighted by Crippen LogP contribution is 2.40. The van der Waals surface area contributed by atoms with E-state index in [1.807, 2.05) is 18.2 Å². The molecule has 2 aromatic carbocycles. The van der Waals surface area contributed by atoms with Gasteiger partial charge in [-0.15, -0.1) is 0 Å². The van der Waals surface area contributed by atoms with Crippen LogP contribution in [0.2, 0.25) is 0 Å². The maximum absolute atomic E-state index is 13.9. The van der Waals surface area contributed by atoms with Gasteiger partial charge in [0.15, 0.2) is 0 Å². The molecule has 21 heavy (non-hydrogen) atoms. The second-order valence-corrected chi connectivity index (χ2v) is 7.11. The highest BCUT2D eigenvalue weighted by molar-refractivity contribution is 9.10. The third kappa shape index (κ3) is 3.22. The van der Waals surface area contributed by atoms with Crippen molar-refractivity contribution in [2.75, 3.05) is 13.1 Å². The van der Waals surface area contributed by atoms with Crippen molar-refractivity contribution in [2.24, 2.45) is 0 Å². The highest BCUT2D eigenvalue weighted by atomic mass is 79.9. The average molecular weight is 413 g/mol. The van der Waals surface area contributed by atoms with Gasteiger partial charge in [-0.05, 0) is 64.1 Å². The Hall–Kier alpha value is -0.710. The number of rotatable bonds is 2. The van der Waals surface area contributed by atoms with Crippen LogP contribution in [0.1, 0.15) is 29.4 Å². The first kappa shape index (κ1) is 15.2. The molecule has 1 saturated heterocycles. The van der Waals surface area contributed by atoms with Gasteiger partial charge in [0.25, 0.3) is 0 Å². The Morgan fingerprint density at radius 1 is 1.00 bits per heavy atom. The molecule has 0 amide bonds. The lowest BCUT2D eigenvalue weighted by Gasteiger charge is -2.33. The van der Waals surface area contributed by atoms with E-state index in [1.165, 1.54) is 5.56 Å². The molecule has 1 aliphatic heterocycles. The van der Waals surface area contributed by atoms with Gasteiger partial charge in [0.05, 0.1) is 4.47 Å². The van der Waals surface area contributed by atoms with Gasteiger partial charge in [0, 0.05) is 16.9 Å². The van der Waals surface area contributed by atoms with Gasteiger partial charge in [-0.1, -0.05) is 40.2 Å². The lowest BCUT2D eigenvalue weighted by Crippen LogP contribution is -2.34. The van der Waals surface area contributed by atoms with E-state index >= 15 is 0 Å². The van der Waals surface area contributed by atoms with Crippen LogP contribution < -0.4 is 5.32 Å². The second kappa shape index (κ2) is 6.59. The Bertz CT molecular complexity index is 644. The summed E-state index contributed by atoms with van der Waals surface area (Å²) in [6.45, 7) is 1.90. The number of halogens is 3. The topological polar surface area (TPSA) is 12.0 Å². The van der Waals surface area contributed by atoms with Crippen molar-refractivity contribution in [1.29, 1.82) is 0 Å². The monoisotopic (exact) mass is 411 g/mol. The van der Waals surface area contributed by atoms with Gasteiger partial charge in [0.2, 0.25) is 0 Å². The van der Waals surface area contributed by atoms with E-state index in [2.05, 4.69) is 55.4 Å². The maximum atomic E-state index is 13.9. The van der Waals surface area contributed by atoms with Crippen LogP contribution in [0, 0.1) is 5.82 Å². The Morgan fingerprint density at radius 2 is 1.81 bits per heavy atom. The molecule has 0 aromatic heterocycles. The van der Waals surface area contributed by atoms with E-state index in [4.69, 9.17) is 0 Å². The van der Waals surface area contributed by atoms with E-state index in [-0.39, 0.29) is 5.82 Å². The minimum Gasteiger partial charge on any atom is -0.316 e. The molecule has 4 heteroatoms. The second-order valence-electron chi connectivity index (χ2n) is 5.40. The predicted molar refractivity (Wildman–Crippen MR) is 91.2 cm³/mol. The minimum atomic E-state index is -0.183. The standard InChI is InChI=1S/C17H16Br2FN/c18-15-4-2-1-3-13(15)14-10-21-8-7-12(14)11-5-6-16(19)17(20)9-11/h1-6,9,12,14,21H,7-8,10H2. The molecule has 0 aliphatic carbocycles. The van der Waals surface area contributed by atoms with E-state index < -0.39 is 0 Å². The summed E-state index contributed by atoms with van der Waals surface area (Å²) in [6.07, 6.45) is 1.02. The van der Waals surface area contributed by atoms with Crippen LogP contribution in [-0.2, 0) is 0 Å². The van der Waals surface area contributed by atoms with Crippen molar-refractivity contribution in [3.63, 3.8) is 0 Å². The van der Waals surface area contributed by atoms with Crippen molar-refractivity contribution >= 4 is 31.9 Å². The van der Waals surface area contributed by atoms with Crippen LogP contribution in [0.5, 0.6) is 0 Å². The molecule has 0 saturated carbocycles. The van der Waals surface area contributed by atoms with E-state index in [9.17, 15) is 4.39 Å². The number of hydrogen-bond donors (Lipinski definition) is 1. The Morgan fingerprint density at radius 3 is 2.57 bits per heavy atom. The summed E-state index contributed by atoms with van der Waals surface area (Å²) in [6, 6.07) is 13.8. The zero-order valence-corrected chi connectivity index (χ0v) is 14.6. The first-order chi connectivity index (χ1) is 10.2. The molecule has 1 heterocycles. The van der Waals surface area contributed by atoms with E-state index in [0.29, 0.717) is 16.3 Å². The fraction of sp³-hybridized carbons (Fsp3) is 0.294. The third-order valence-corrected chi connectivity index (χ3v) is 5.52. The Kier molecular flexibility index (Phi) is 4.77. The normalized spacial score (nSPS) is 22.2. The molecule has 1 aliphatic rings. The number of hydrogen-bond acceptors (Lipinski definition) is 1. The molecule has 0 radical (unpaired) electrons. The van der Waals surface area contributed by atoms with Crippen LogP contribution in [0.15, 0.2) is 51.4 Å². The van der Waals surface area contributed by atoms with Crippen LogP contribution in [-0.4, -0.2) is 13.1 Å². The summed E-state index contributed by atoms with van der Waals surface area (Å²) in [5.74, 6) is 0.513. The van der Waals surface area contributed by atoms with Gasteiger partial charge in [0.1, 0.15) is 5.82 Å². The van der Waals surface area contributed by atoms with Gasteiger partial charge >= 0.3 is 0 Å². The van der Waals surface area contributed by atoms with Crippen LogP contribution in [0.4, 0.5) is 4.39 Å². The molecule has 1 fully saturated rings. The quantitative estimate of drug-likeness (QED) is 0.713.